The number of nitrogens with two attached hydrogens (primary N) is 1. The molecule has 3 N–H and O–H groups in total. The topological polar surface area (TPSA) is 72.4 Å². The maximum Gasteiger partial charge on any atom is 0.249 e. The van der Waals surface area contributed by atoms with Crippen molar-refractivity contribution in [2.24, 2.45) is 5.73 Å². The lowest BCUT2D eigenvalue weighted by Gasteiger charge is -2.08. The molecule has 4 rings (SSSR count). The van der Waals surface area contributed by atoms with Crippen LogP contribution in [0.4, 0.5) is 11.4 Å². The Bertz CT molecular complexity index is 1230. The number of hydrogen-bond donors (Lipinski definition) is 2. The maximum absolute atomic E-state index is 11.6. The first-order valence-electron chi connectivity index (χ1n) is 8.82. The van der Waals surface area contributed by atoms with Crippen molar-refractivity contribution >= 4 is 22.9 Å². The van der Waals surface area contributed by atoms with Crippen LogP contribution in [-0.4, -0.2) is 15.3 Å². The van der Waals surface area contributed by atoms with Gasteiger partial charge in [0, 0.05) is 17.4 Å². The summed E-state index contributed by atoms with van der Waals surface area (Å²) in [6, 6.07) is 19.1. The fourth-order valence-corrected chi connectivity index (χ4v) is 2.93. The standard InChI is InChI=1S/C23H18N4O/c1-16-8-11-18(12-9-16)26-21-7-4-14-27-19(15-25-23(21)27)13-10-17-5-2-3-6-20(17)22(24)28/h2-9,11-12,14-15,26H,1H3,(H2,24,28). The van der Waals surface area contributed by atoms with Crippen LogP contribution in [0.1, 0.15) is 27.2 Å². The summed E-state index contributed by atoms with van der Waals surface area (Å²) in [5, 5.41) is 3.39. The van der Waals surface area contributed by atoms with Gasteiger partial charge in [-0.1, -0.05) is 35.7 Å². The molecule has 2 aromatic carbocycles. The second-order valence-corrected chi connectivity index (χ2v) is 6.41. The van der Waals surface area contributed by atoms with E-state index in [0.29, 0.717) is 11.1 Å². The maximum atomic E-state index is 11.6. The Morgan fingerprint density at radius 3 is 2.61 bits per heavy atom. The van der Waals surface area contributed by atoms with E-state index in [1.165, 1.54) is 5.56 Å². The summed E-state index contributed by atoms with van der Waals surface area (Å²) in [7, 11) is 0. The molecule has 0 aliphatic carbocycles. The van der Waals surface area contributed by atoms with Gasteiger partial charge in [-0.25, -0.2) is 4.98 Å². The predicted octanol–water partition coefficient (Wildman–Crippen LogP) is 3.89. The number of benzene rings is 2. The number of anilines is 2. The highest BCUT2D eigenvalue weighted by Crippen LogP contribution is 2.22. The summed E-state index contributed by atoms with van der Waals surface area (Å²) in [6.45, 7) is 2.06. The third-order valence-electron chi connectivity index (χ3n) is 4.38. The van der Waals surface area contributed by atoms with E-state index in [1.807, 2.05) is 40.9 Å². The molecule has 136 valence electrons. The molecule has 4 aromatic rings. The second kappa shape index (κ2) is 7.29. The van der Waals surface area contributed by atoms with Crippen molar-refractivity contribution in [2.75, 3.05) is 5.32 Å². The minimum Gasteiger partial charge on any atom is -0.366 e. The summed E-state index contributed by atoms with van der Waals surface area (Å²) >= 11 is 0. The molecule has 28 heavy (non-hydrogen) atoms. The highest BCUT2D eigenvalue weighted by atomic mass is 16.1. The van der Waals surface area contributed by atoms with Gasteiger partial charge in [-0.3, -0.25) is 9.20 Å². The van der Waals surface area contributed by atoms with E-state index in [2.05, 4.69) is 41.2 Å². The Balaban J connectivity index is 1.70. The molecule has 5 nitrogen and oxygen atoms in total. The number of rotatable bonds is 3. The van der Waals surface area contributed by atoms with E-state index in [4.69, 9.17) is 5.73 Å². The largest absolute Gasteiger partial charge is 0.366 e. The van der Waals surface area contributed by atoms with Gasteiger partial charge in [0.25, 0.3) is 0 Å². The van der Waals surface area contributed by atoms with Gasteiger partial charge in [0.05, 0.1) is 17.4 Å². The number of aromatic nitrogens is 2. The quantitative estimate of drug-likeness (QED) is 0.541. The first-order valence-corrected chi connectivity index (χ1v) is 8.82. The molecule has 0 aliphatic heterocycles. The minimum absolute atomic E-state index is 0.408. The second-order valence-electron chi connectivity index (χ2n) is 6.41. The number of hydrogen-bond acceptors (Lipinski definition) is 3. The van der Waals surface area contributed by atoms with Crippen LogP contribution in [0.15, 0.2) is 73.1 Å². The lowest BCUT2D eigenvalue weighted by Crippen LogP contribution is -2.12. The molecular weight excluding hydrogens is 348 g/mol. The molecule has 5 heteroatoms. The summed E-state index contributed by atoms with van der Waals surface area (Å²) in [5.41, 5.74) is 11.0. The Kier molecular flexibility index (Phi) is 4.53. The molecule has 0 fully saturated rings. The van der Waals surface area contributed by atoms with Crippen LogP contribution in [0.25, 0.3) is 5.65 Å². The number of carbonyl (C=O) groups excluding carboxylic acids is 1. The van der Waals surface area contributed by atoms with E-state index in [0.717, 1.165) is 22.7 Å². The van der Waals surface area contributed by atoms with Gasteiger partial charge < -0.3 is 11.1 Å². The SMILES string of the molecule is Cc1ccc(Nc2cccn3c(C#Cc4ccccc4C(N)=O)cnc23)cc1. The average molecular weight is 366 g/mol. The molecule has 0 saturated heterocycles. The van der Waals surface area contributed by atoms with Gasteiger partial charge >= 0.3 is 0 Å². The van der Waals surface area contributed by atoms with Crippen molar-refractivity contribution in [1.29, 1.82) is 0 Å². The third kappa shape index (κ3) is 3.44. The Labute approximate surface area is 162 Å². The van der Waals surface area contributed by atoms with Gasteiger partial charge in [-0.2, -0.15) is 0 Å². The van der Waals surface area contributed by atoms with Crippen LogP contribution < -0.4 is 11.1 Å². The zero-order valence-electron chi connectivity index (χ0n) is 15.3. The zero-order chi connectivity index (χ0) is 19.5. The number of primary amides is 1. The minimum atomic E-state index is -0.493. The average Bonchev–Trinajstić information content (AvgIpc) is 3.12. The lowest BCUT2D eigenvalue weighted by molar-refractivity contribution is 0.1000. The molecular formula is C23H18N4O. The zero-order valence-corrected chi connectivity index (χ0v) is 15.3. The molecule has 0 aliphatic rings. The number of carbonyl (C=O) groups is 1. The Morgan fingerprint density at radius 2 is 1.82 bits per heavy atom. The normalized spacial score (nSPS) is 10.3. The van der Waals surface area contributed by atoms with Crippen LogP contribution in [0.3, 0.4) is 0 Å². The van der Waals surface area contributed by atoms with Crippen LogP contribution in [0.2, 0.25) is 0 Å². The summed E-state index contributed by atoms with van der Waals surface area (Å²) in [4.78, 5) is 16.1. The smallest absolute Gasteiger partial charge is 0.249 e. The van der Waals surface area contributed by atoms with E-state index < -0.39 is 5.91 Å². The van der Waals surface area contributed by atoms with Gasteiger partial charge in [0.1, 0.15) is 5.69 Å². The summed E-state index contributed by atoms with van der Waals surface area (Å²) in [6.07, 6.45) is 3.63. The van der Waals surface area contributed by atoms with Gasteiger partial charge in [0.2, 0.25) is 5.91 Å². The van der Waals surface area contributed by atoms with Gasteiger partial charge in [0.15, 0.2) is 5.65 Å². The van der Waals surface area contributed by atoms with E-state index >= 15 is 0 Å². The first-order chi connectivity index (χ1) is 13.6. The number of amides is 1. The fraction of sp³-hybridized carbons (Fsp3) is 0.0435. The molecule has 0 radical (unpaired) electrons. The van der Waals surface area contributed by atoms with Crippen LogP contribution in [0.5, 0.6) is 0 Å². The number of aryl methyl sites for hydroxylation is 1. The van der Waals surface area contributed by atoms with Crippen LogP contribution in [-0.2, 0) is 0 Å². The van der Waals surface area contributed by atoms with E-state index in [9.17, 15) is 4.79 Å². The van der Waals surface area contributed by atoms with Crippen LogP contribution in [0, 0.1) is 18.8 Å². The monoisotopic (exact) mass is 366 g/mol. The summed E-state index contributed by atoms with van der Waals surface area (Å²) < 4.78 is 1.91. The molecule has 0 unspecified atom stereocenters. The molecule has 0 spiro atoms. The first kappa shape index (κ1) is 17.4. The van der Waals surface area contributed by atoms with Gasteiger partial charge in [-0.05, 0) is 49.2 Å². The third-order valence-corrected chi connectivity index (χ3v) is 4.38. The summed E-state index contributed by atoms with van der Waals surface area (Å²) in [5.74, 6) is 5.63. The number of nitrogens with zero attached hydrogens (tertiary/aromatic N) is 2. The van der Waals surface area contributed by atoms with E-state index in [1.54, 1.807) is 24.4 Å². The Hall–Kier alpha value is -4.04. The number of pyridine rings is 1. The molecule has 0 atom stereocenters. The van der Waals surface area contributed by atoms with Gasteiger partial charge in [-0.15, -0.1) is 0 Å². The molecule has 1 amide bonds. The highest BCUT2D eigenvalue weighted by Gasteiger charge is 2.07. The van der Waals surface area contributed by atoms with Crippen molar-refractivity contribution < 1.29 is 4.79 Å². The van der Waals surface area contributed by atoms with Crippen molar-refractivity contribution in [3.8, 4) is 11.8 Å². The van der Waals surface area contributed by atoms with Crippen molar-refractivity contribution in [3.63, 3.8) is 0 Å². The van der Waals surface area contributed by atoms with E-state index in [-0.39, 0.29) is 0 Å². The van der Waals surface area contributed by atoms with Crippen LogP contribution >= 0.6 is 0 Å². The predicted molar refractivity (Wildman–Crippen MR) is 111 cm³/mol. The fourth-order valence-electron chi connectivity index (χ4n) is 2.93. The molecule has 0 saturated carbocycles. The Morgan fingerprint density at radius 1 is 1.04 bits per heavy atom. The highest BCUT2D eigenvalue weighted by molar-refractivity contribution is 5.95. The molecule has 2 heterocycles. The van der Waals surface area contributed by atoms with Crippen molar-refractivity contribution in [3.05, 3.63) is 95.4 Å². The molecule has 0 bridgehead atoms. The van der Waals surface area contributed by atoms with Crippen molar-refractivity contribution in [1.82, 2.24) is 9.38 Å². The lowest BCUT2D eigenvalue weighted by atomic mass is 10.1. The number of fused-ring (bicyclic) bond motifs is 1. The molecule has 2 aromatic heterocycles. The number of nitrogens with one attached hydrogen (secondary N) is 1. The van der Waals surface area contributed by atoms with Crippen molar-refractivity contribution in [2.45, 2.75) is 6.92 Å². The number of imidazole rings is 1.